The molecule has 2 rings (SSSR count). The molecular weight excluding hydrogens is 192 g/mol. The monoisotopic (exact) mass is 208 g/mol. The summed E-state index contributed by atoms with van der Waals surface area (Å²) < 4.78 is 5.13. The molecule has 0 spiro atoms. The Labute approximate surface area is 89.0 Å². The van der Waals surface area contributed by atoms with E-state index in [1.807, 2.05) is 11.8 Å². The van der Waals surface area contributed by atoms with Gasteiger partial charge in [0.05, 0.1) is 5.56 Å². The molecule has 0 saturated carbocycles. The van der Waals surface area contributed by atoms with Gasteiger partial charge in [-0.2, -0.15) is 0 Å². The summed E-state index contributed by atoms with van der Waals surface area (Å²) in [6, 6.07) is 2.02. The van der Waals surface area contributed by atoms with E-state index in [0.717, 1.165) is 31.7 Å². The van der Waals surface area contributed by atoms with Gasteiger partial charge in [-0.25, -0.2) is 0 Å². The van der Waals surface area contributed by atoms with E-state index in [-0.39, 0.29) is 11.9 Å². The molecule has 2 N–H and O–H groups in total. The molecule has 2 heterocycles. The molecule has 0 aromatic carbocycles. The second-order valence-electron chi connectivity index (χ2n) is 4.08. The molecule has 1 aromatic rings. The van der Waals surface area contributed by atoms with Crippen LogP contribution in [0.3, 0.4) is 0 Å². The van der Waals surface area contributed by atoms with Gasteiger partial charge in [-0.15, -0.1) is 0 Å². The summed E-state index contributed by atoms with van der Waals surface area (Å²) in [5.74, 6) is 0.825. The Morgan fingerprint density at radius 3 is 2.73 bits per heavy atom. The van der Waals surface area contributed by atoms with Crippen molar-refractivity contribution in [1.29, 1.82) is 0 Å². The van der Waals surface area contributed by atoms with Crippen LogP contribution in [-0.4, -0.2) is 29.9 Å². The van der Waals surface area contributed by atoms with Crippen molar-refractivity contribution in [3.05, 3.63) is 23.7 Å². The Bertz CT molecular complexity index is 351. The van der Waals surface area contributed by atoms with Crippen LogP contribution >= 0.6 is 0 Å². The van der Waals surface area contributed by atoms with Gasteiger partial charge >= 0.3 is 0 Å². The van der Waals surface area contributed by atoms with E-state index in [2.05, 4.69) is 0 Å². The van der Waals surface area contributed by atoms with Gasteiger partial charge in [0, 0.05) is 19.1 Å². The maximum absolute atomic E-state index is 11.9. The standard InChI is InChI=1S/C11H16N2O2/c1-8-6-9(7-15-8)11(14)13-4-2-10(12)3-5-13/h6-7,10H,2-5,12H2,1H3. The fourth-order valence-electron chi connectivity index (χ4n) is 1.84. The lowest BCUT2D eigenvalue weighted by Gasteiger charge is -2.29. The first-order valence-electron chi connectivity index (χ1n) is 5.27. The summed E-state index contributed by atoms with van der Waals surface area (Å²) in [6.07, 6.45) is 3.30. The van der Waals surface area contributed by atoms with Gasteiger partial charge in [-0.1, -0.05) is 0 Å². The third-order valence-electron chi connectivity index (χ3n) is 2.80. The zero-order valence-electron chi connectivity index (χ0n) is 8.90. The molecule has 4 heteroatoms. The van der Waals surface area contributed by atoms with Crippen LogP contribution in [0.1, 0.15) is 29.0 Å². The third kappa shape index (κ3) is 2.21. The van der Waals surface area contributed by atoms with Crippen LogP contribution in [0.4, 0.5) is 0 Å². The van der Waals surface area contributed by atoms with Crippen molar-refractivity contribution in [2.75, 3.05) is 13.1 Å². The maximum Gasteiger partial charge on any atom is 0.257 e. The molecule has 1 aliphatic rings. The molecule has 1 fully saturated rings. The highest BCUT2D eigenvalue weighted by atomic mass is 16.3. The second kappa shape index (κ2) is 4.06. The van der Waals surface area contributed by atoms with E-state index in [9.17, 15) is 4.79 Å². The fraction of sp³-hybridized carbons (Fsp3) is 0.545. The van der Waals surface area contributed by atoms with E-state index >= 15 is 0 Å². The predicted octanol–water partition coefficient (Wildman–Crippen LogP) is 1.15. The van der Waals surface area contributed by atoms with Crippen molar-refractivity contribution in [3.63, 3.8) is 0 Å². The first-order valence-corrected chi connectivity index (χ1v) is 5.27. The Balaban J connectivity index is 2.02. The number of carbonyl (C=O) groups is 1. The largest absolute Gasteiger partial charge is 0.469 e. The molecule has 15 heavy (non-hydrogen) atoms. The second-order valence-corrected chi connectivity index (χ2v) is 4.08. The number of carbonyl (C=O) groups excluding carboxylic acids is 1. The number of hydrogen-bond donors (Lipinski definition) is 1. The molecule has 0 radical (unpaired) electrons. The van der Waals surface area contributed by atoms with Crippen molar-refractivity contribution >= 4 is 5.91 Å². The first-order chi connectivity index (χ1) is 7.16. The number of rotatable bonds is 1. The zero-order valence-corrected chi connectivity index (χ0v) is 8.90. The van der Waals surface area contributed by atoms with Crippen molar-refractivity contribution in [2.24, 2.45) is 5.73 Å². The zero-order chi connectivity index (χ0) is 10.8. The van der Waals surface area contributed by atoms with Gasteiger partial charge in [0.2, 0.25) is 0 Å². The molecule has 0 unspecified atom stereocenters. The Morgan fingerprint density at radius 1 is 1.53 bits per heavy atom. The average molecular weight is 208 g/mol. The summed E-state index contributed by atoms with van der Waals surface area (Å²) in [5, 5.41) is 0. The molecule has 1 aromatic heterocycles. The van der Waals surface area contributed by atoms with Crippen LogP contribution in [0.15, 0.2) is 16.7 Å². The summed E-state index contributed by atoms with van der Waals surface area (Å²) in [6.45, 7) is 3.34. The van der Waals surface area contributed by atoms with Crippen molar-refractivity contribution in [3.8, 4) is 0 Å². The molecule has 1 aliphatic heterocycles. The molecular formula is C11H16N2O2. The number of piperidine rings is 1. The minimum atomic E-state index is 0.0544. The average Bonchev–Trinajstić information content (AvgIpc) is 2.65. The Hall–Kier alpha value is -1.29. The quantitative estimate of drug-likeness (QED) is 0.753. The van der Waals surface area contributed by atoms with E-state index < -0.39 is 0 Å². The number of amides is 1. The van der Waals surface area contributed by atoms with Gasteiger partial charge in [0.1, 0.15) is 12.0 Å². The van der Waals surface area contributed by atoms with Crippen LogP contribution in [-0.2, 0) is 0 Å². The van der Waals surface area contributed by atoms with Crippen LogP contribution in [0.5, 0.6) is 0 Å². The van der Waals surface area contributed by atoms with Crippen molar-refractivity contribution < 1.29 is 9.21 Å². The summed E-state index contributed by atoms with van der Waals surface area (Å²) in [7, 11) is 0. The number of furan rings is 1. The van der Waals surface area contributed by atoms with Gasteiger partial charge < -0.3 is 15.1 Å². The maximum atomic E-state index is 11.9. The number of likely N-dealkylation sites (tertiary alicyclic amines) is 1. The molecule has 4 nitrogen and oxygen atoms in total. The highest BCUT2D eigenvalue weighted by Crippen LogP contribution is 2.14. The fourth-order valence-corrected chi connectivity index (χ4v) is 1.84. The van der Waals surface area contributed by atoms with E-state index in [1.54, 1.807) is 6.07 Å². The van der Waals surface area contributed by atoms with Gasteiger partial charge in [-0.05, 0) is 25.8 Å². The Morgan fingerprint density at radius 2 is 2.20 bits per heavy atom. The van der Waals surface area contributed by atoms with Crippen LogP contribution in [0.2, 0.25) is 0 Å². The van der Waals surface area contributed by atoms with Gasteiger partial charge in [0.25, 0.3) is 5.91 Å². The lowest BCUT2D eigenvalue weighted by Crippen LogP contribution is -2.42. The lowest BCUT2D eigenvalue weighted by molar-refractivity contribution is 0.0714. The van der Waals surface area contributed by atoms with Crippen LogP contribution < -0.4 is 5.73 Å². The minimum absolute atomic E-state index is 0.0544. The topological polar surface area (TPSA) is 59.5 Å². The first kappa shape index (κ1) is 10.2. The van der Waals surface area contributed by atoms with Crippen molar-refractivity contribution in [1.82, 2.24) is 4.90 Å². The van der Waals surface area contributed by atoms with Crippen LogP contribution in [0.25, 0.3) is 0 Å². The Kier molecular flexibility index (Phi) is 2.77. The van der Waals surface area contributed by atoms with E-state index in [1.165, 1.54) is 6.26 Å². The normalized spacial score (nSPS) is 18.1. The van der Waals surface area contributed by atoms with Crippen molar-refractivity contribution in [2.45, 2.75) is 25.8 Å². The molecule has 1 saturated heterocycles. The molecule has 0 atom stereocenters. The minimum Gasteiger partial charge on any atom is -0.469 e. The van der Waals surface area contributed by atoms with E-state index in [0.29, 0.717) is 5.56 Å². The number of nitrogens with zero attached hydrogens (tertiary/aromatic N) is 1. The number of nitrogens with two attached hydrogens (primary N) is 1. The summed E-state index contributed by atoms with van der Waals surface area (Å²) in [4.78, 5) is 13.8. The summed E-state index contributed by atoms with van der Waals surface area (Å²) in [5.41, 5.74) is 6.43. The van der Waals surface area contributed by atoms with Gasteiger partial charge in [-0.3, -0.25) is 4.79 Å². The number of aryl methyl sites for hydroxylation is 1. The third-order valence-corrected chi connectivity index (χ3v) is 2.80. The predicted molar refractivity (Wildman–Crippen MR) is 56.6 cm³/mol. The SMILES string of the molecule is Cc1cc(C(=O)N2CCC(N)CC2)co1. The highest BCUT2D eigenvalue weighted by Gasteiger charge is 2.22. The van der Waals surface area contributed by atoms with Gasteiger partial charge in [0.15, 0.2) is 0 Å². The molecule has 82 valence electrons. The van der Waals surface area contributed by atoms with Crippen LogP contribution in [0, 0.1) is 6.92 Å². The number of hydrogen-bond acceptors (Lipinski definition) is 3. The lowest BCUT2D eigenvalue weighted by atomic mass is 10.1. The molecule has 0 aliphatic carbocycles. The molecule has 0 bridgehead atoms. The summed E-state index contributed by atoms with van der Waals surface area (Å²) >= 11 is 0. The molecule has 1 amide bonds. The highest BCUT2D eigenvalue weighted by molar-refractivity contribution is 5.94. The smallest absolute Gasteiger partial charge is 0.257 e. The van der Waals surface area contributed by atoms with E-state index in [4.69, 9.17) is 10.2 Å².